The van der Waals surface area contributed by atoms with Crippen molar-refractivity contribution in [3.05, 3.63) is 120 Å². The van der Waals surface area contributed by atoms with E-state index in [4.69, 9.17) is 4.74 Å². The SMILES string of the molecule is C=CCN(C(=O)C(Cc1ccc(O)cc1)NC(=O)OC(C)(C)C)C(C(=O)Nc1ccc2ccccc2c1)c1cc(C)cc(C)c1. The van der Waals surface area contributed by atoms with E-state index in [2.05, 4.69) is 17.2 Å². The normalized spacial score (nSPS) is 12.6. The molecule has 0 radical (unpaired) electrons. The average molecular weight is 608 g/mol. The van der Waals surface area contributed by atoms with Gasteiger partial charge in [0.2, 0.25) is 5.91 Å². The van der Waals surface area contributed by atoms with E-state index in [1.165, 1.54) is 17.0 Å². The molecule has 4 aromatic carbocycles. The Morgan fingerprint density at radius 2 is 1.56 bits per heavy atom. The zero-order valence-corrected chi connectivity index (χ0v) is 26.5. The number of phenols is 1. The molecule has 4 rings (SSSR count). The number of anilines is 1. The van der Waals surface area contributed by atoms with Crippen molar-refractivity contribution in [2.75, 3.05) is 11.9 Å². The van der Waals surface area contributed by atoms with Gasteiger partial charge >= 0.3 is 6.09 Å². The maximum atomic E-state index is 14.5. The van der Waals surface area contributed by atoms with Crippen LogP contribution in [0.5, 0.6) is 5.75 Å². The second kappa shape index (κ2) is 14.1. The summed E-state index contributed by atoms with van der Waals surface area (Å²) >= 11 is 0. The number of carbonyl (C=O) groups is 3. The van der Waals surface area contributed by atoms with Gasteiger partial charge in [0.25, 0.3) is 5.91 Å². The number of benzene rings is 4. The molecule has 0 saturated carbocycles. The molecule has 4 aromatic rings. The van der Waals surface area contributed by atoms with E-state index in [1.807, 2.05) is 74.5 Å². The molecule has 234 valence electrons. The number of rotatable bonds is 10. The van der Waals surface area contributed by atoms with Crippen LogP contribution in [-0.2, 0) is 20.7 Å². The maximum Gasteiger partial charge on any atom is 0.408 e. The van der Waals surface area contributed by atoms with Gasteiger partial charge in [-0.3, -0.25) is 9.59 Å². The lowest BCUT2D eigenvalue weighted by Gasteiger charge is -2.34. The predicted octanol–water partition coefficient (Wildman–Crippen LogP) is 6.99. The number of aryl methyl sites for hydroxylation is 2. The smallest absolute Gasteiger partial charge is 0.408 e. The highest BCUT2D eigenvalue weighted by Crippen LogP contribution is 2.28. The fourth-order valence-electron chi connectivity index (χ4n) is 5.30. The molecule has 45 heavy (non-hydrogen) atoms. The molecule has 2 unspecified atom stereocenters. The fourth-order valence-corrected chi connectivity index (χ4v) is 5.30. The van der Waals surface area contributed by atoms with Crippen LogP contribution in [0, 0.1) is 13.8 Å². The summed E-state index contributed by atoms with van der Waals surface area (Å²) in [6, 6.07) is 23.5. The molecule has 0 heterocycles. The Bertz CT molecular complexity index is 1670. The summed E-state index contributed by atoms with van der Waals surface area (Å²) in [5, 5.41) is 17.6. The van der Waals surface area contributed by atoms with Gasteiger partial charge in [0.1, 0.15) is 23.4 Å². The first-order valence-corrected chi connectivity index (χ1v) is 14.9. The summed E-state index contributed by atoms with van der Waals surface area (Å²) in [5.41, 5.74) is 3.00. The van der Waals surface area contributed by atoms with Crippen LogP contribution in [0.2, 0.25) is 0 Å². The Kier molecular flexibility index (Phi) is 10.3. The zero-order valence-electron chi connectivity index (χ0n) is 26.5. The number of nitrogens with one attached hydrogen (secondary N) is 2. The van der Waals surface area contributed by atoms with Crippen LogP contribution in [0.1, 0.15) is 49.1 Å². The van der Waals surface area contributed by atoms with Crippen molar-refractivity contribution in [3.8, 4) is 5.75 Å². The standard InChI is InChI=1S/C37H41N3O5/c1-7-18-40(35(43)32(39-36(44)45-37(4,5)6)22-26-12-16-31(41)17-13-26)33(29-20-24(2)19-25(3)21-29)34(42)38-30-15-14-27-10-8-9-11-28(27)23-30/h7-17,19-21,23,32-33,41H,1,18,22H2,2-6H3,(H,38,42)(H,39,44). The van der Waals surface area contributed by atoms with E-state index < -0.39 is 35.6 Å². The summed E-state index contributed by atoms with van der Waals surface area (Å²) in [7, 11) is 0. The van der Waals surface area contributed by atoms with E-state index in [0.717, 1.165) is 21.9 Å². The van der Waals surface area contributed by atoms with Gasteiger partial charge in [-0.1, -0.05) is 77.9 Å². The van der Waals surface area contributed by atoms with Gasteiger partial charge in [-0.25, -0.2) is 4.79 Å². The first kappa shape index (κ1) is 32.8. The molecule has 3 N–H and O–H groups in total. The van der Waals surface area contributed by atoms with Crippen LogP contribution in [0.4, 0.5) is 10.5 Å². The van der Waals surface area contributed by atoms with Crippen molar-refractivity contribution in [1.29, 1.82) is 0 Å². The maximum absolute atomic E-state index is 14.5. The number of nitrogens with zero attached hydrogens (tertiary/aromatic N) is 1. The van der Waals surface area contributed by atoms with E-state index >= 15 is 0 Å². The van der Waals surface area contributed by atoms with Gasteiger partial charge in [-0.15, -0.1) is 6.58 Å². The van der Waals surface area contributed by atoms with Gasteiger partial charge in [-0.2, -0.15) is 0 Å². The van der Waals surface area contributed by atoms with Crippen molar-refractivity contribution in [2.24, 2.45) is 0 Å². The fraction of sp³-hybridized carbons (Fsp3) is 0.270. The zero-order chi connectivity index (χ0) is 32.7. The molecule has 0 aliphatic heterocycles. The molecule has 0 bridgehead atoms. The van der Waals surface area contributed by atoms with E-state index in [0.29, 0.717) is 16.8 Å². The van der Waals surface area contributed by atoms with Gasteiger partial charge in [-0.05, 0) is 80.8 Å². The number of amides is 3. The van der Waals surface area contributed by atoms with Crippen LogP contribution in [0.3, 0.4) is 0 Å². The molecule has 3 amide bonds. The van der Waals surface area contributed by atoms with Crippen LogP contribution >= 0.6 is 0 Å². The number of aromatic hydroxyl groups is 1. The minimum Gasteiger partial charge on any atom is -0.508 e. The van der Waals surface area contributed by atoms with Crippen LogP contribution in [0.25, 0.3) is 10.8 Å². The third-order valence-corrected chi connectivity index (χ3v) is 7.11. The number of hydrogen-bond donors (Lipinski definition) is 3. The summed E-state index contributed by atoms with van der Waals surface area (Å²) in [4.78, 5) is 43.1. The number of ether oxygens (including phenoxy) is 1. The molecular formula is C37H41N3O5. The summed E-state index contributed by atoms with van der Waals surface area (Å²) < 4.78 is 5.49. The molecule has 0 aromatic heterocycles. The lowest BCUT2D eigenvalue weighted by molar-refractivity contribution is -0.140. The van der Waals surface area contributed by atoms with Crippen molar-refractivity contribution in [2.45, 2.75) is 58.7 Å². The molecule has 0 aliphatic rings. The number of fused-ring (bicyclic) bond motifs is 1. The van der Waals surface area contributed by atoms with Gasteiger partial charge in [0.15, 0.2) is 0 Å². The van der Waals surface area contributed by atoms with E-state index in [9.17, 15) is 19.5 Å². The topological polar surface area (TPSA) is 108 Å². The highest BCUT2D eigenvalue weighted by Gasteiger charge is 2.36. The van der Waals surface area contributed by atoms with Crippen LogP contribution < -0.4 is 10.6 Å². The highest BCUT2D eigenvalue weighted by molar-refractivity contribution is 6.00. The van der Waals surface area contributed by atoms with Crippen molar-refractivity contribution >= 4 is 34.4 Å². The second-order valence-corrected chi connectivity index (χ2v) is 12.2. The van der Waals surface area contributed by atoms with E-state index in [1.54, 1.807) is 39.0 Å². The summed E-state index contributed by atoms with van der Waals surface area (Å²) in [6.07, 6.45) is 0.890. The molecular weight excluding hydrogens is 566 g/mol. The lowest BCUT2D eigenvalue weighted by Crippen LogP contribution is -2.53. The van der Waals surface area contributed by atoms with Crippen molar-refractivity contribution in [3.63, 3.8) is 0 Å². The van der Waals surface area contributed by atoms with Crippen LogP contribution in [-0.4, -0.2) is 46.1 Å². The molecule has 8 heteroatoms. The largest absolute Gasteiger partial charge is 0.508 e. The summed E-state index contributed by atoms with van der Waals surface area (Å²) in [5.74, 6) is -0.826. The minimum absolute atomic E-state index is 0.0315. The molecule has 0 fully saturated rings. The third-order valence-electron chi connectivity index (χ3n) is 7.11. The Morgan fingerprint density at radius 3 is 2.18 bits per heavy atom. The second-order valence-electron chi connectivity index (χ2n) is 12.2. The Morgan fingerprint density at radius 1 is 0.911 bits per heavy atom. The number of phenolic OH excluding ortho intramolecular Hbond substituents is 1. The number of hydrogen-bond acceptors (Lipinski definition) is 5. The monoisotopic (exact) mass is 607 g/mol. The Labute approximate surface area is 264 Å². The molecule has 0 aliphatic carbocycles. The molecule has 0 spiro atoms. The Balaban J connectivity index is 1.75. The van der Waals surface area contributed by atoms with Crippen molar-refractivity contribution < 1.29 is 24.2 Å². The molecule has 2 atom stereocenters. The highest BCUT2D eigenvalue weighted by atomic mass is 16.6. The third kappa shape index (κ3) is 8.95. The number of carbonyl (C=O) groups excluding carboxylic acids is 3. The first-order chi connectivity index (χ1) is 21.3. The molecule has 8 nitrogen and oxygen atoms in total. The van der Waals surface area contributed by atoms with E-state index in [-0.39, 0.29) is 18.7 Å². The Hall–Kier alpha value is -5.11. The molecule has 0 saturated heterocycles. The van der Waals surface area contributed by atoms with Gasteiger partial charge in [0, 0.05) is 18.7 Å². The first-order valence-electron chi connectivity index (χ1n) is 14.9. The predicted molar refractivity (Wildman–Crippen MR) is 178 cm³/mol. The van der Waals surface area contributed by atoms with Crippen molar-refractivity contribution in [1.82, 2.24) is 10.2 Å². The quantitative estimate of drug-likeness (QED) is 0.168. The van der Waals surface area contributed by atoms with Gasteiger partial charge < -0.3 is 25.4 Å². The lowest BCUT2D eigenvalue weighted by atomic mass is 9.97. The van der Waals surface area contributed by atoms with Gasteiger partial charge in [0.05, 0.1) is 0 Å². The van der Waals surface area contributed by atoms with Crippen LogP contribution in [0.15, 0.2) is 97.6 Å². The summed E-state index contributed by atoms with van der Waals surface area (Å²) in [6.45, 7) is 13.0. The number of alkyl carbamates (subject to hydrolysis) is 1. The minimum atomic E-state index is -1.09. The average Bonchev–Trinajstić information content (AvgIpc) is 2.96.